The SMILES string of the molecule is COc1cc([C@H]2c3c(cc(OC)c4c3[C@H](CO)[C@H](c3ccc(O)c(OC)c3)O4)C[C@H](CO)[C@@H]2CO)ccc1O. The van der Waals surface area contributed by atoms with Gasteiger partial charge in [0.2, 0.25) is 0 Å². The van der Waals surface area contributed by atoms with Gasteiger partial charge in [-0.3, -0.25) is 0 Å². The lowest BCUT2D eigenvalue weighted by molar-refractivity contribution is 0.101. The third-order valence-electron chi connectivity index (χ3n) is 8.17. The Labute approximate surface area is 226 Å². The number of phenolic OH excluding ortho intramolecular Hbond substituents is 2. The lowest BCUT2D eigenvalue weighted by Gasteiger charge is -2.40. The summed E-state index contributed by atoms with van der Waals surface area (Å²) >= 11 is 0. The molecule has 0 fully saturated rings. The molecule has 0 bridgehead atoms. The fourth-order valence-corrected chi connectivity index (χ4v) is 6.30. The van der Waals surface area contributed by atoms with E-state index in [1.807, 2.05) is 6.07 Å². The number of ether oxygens (including phenoxy) is 4. The van der Waals surface area contributed by atoms with E-state index in [1.165, 1.54) is 20.3 Å². The molecule has 5 rings (SSSR count). The molecule has 5 atom stereocenters. The molecule has 5 N–H and O–H groups in total. The number of hydrogen-bond donors (Lipinski definition) is 5. The van der Waals surface area contributed by atoms with Crippen LogP contribution in [0.3, 0.4) is 0 Å². The van der Waals surface area contributed by atoms with Crippen molar-refractivity contribution < 1.29 is 44.5 Å². The molecule has 0 amide bonds. The van der Waals surface area contributed by atoms with Gasteiger partial charge >= 0.3 is 0 Å². The van der Waals surface area contributed by atoms with E-state index < -0.39 is 17.9 Å². The Kier molecular flexibility index (Phi) is 7.48. The van der Waals surface area contributed by atoms with Gasteiger partial charge in [0.1, 0.15) is 6.10 Å². The van der Waals surface area contributed by atoms with Gasteiger partial charge in [-0.15, -0.1) is 0 Å². The van der Waals surface area contributed by atoms with Gasteiger partial charge in [0.15, 0.2) is 34.5 Å². The number of phenols is 2. The van der Waals surface area contributed by atoms with E-state index in [1.54, 1.807) is 37.4 Å². The maximum Gasteiger partial charge on any atom is 0.166 e. The Morgan fingerprint density at radius 1 is 0.744 bits per heavy atom. The molecule has 208 valence electrons. The van der Waals surface area contributed by atoms with Crippen LogP contribution in [0.15, 0.2) is 42.5 Å². The first-order valence-electron chi connectivity index (χ1n) is 12.9. The van der Waals surface area contributed by atoms with E-state index in [4.69, 9.17) is 18.9 Å². The largest absolute Gasteiger partial charge is 0.504 e. The van der Waals surface area contributed by atoms with Gasteiger partial charge in [-0.05, 0) is 70.8 Å². The Bertz CT molecular complexity index is 1350. The van der Waals surface area contributed by atoms with E-state index in [0.717, 1.165) is 22.3 Å². The summed E-state index contributed by atoms with van der Waals surface area (Å²) in [6.07, 6.45) is -0.0968. The molecule has 3 aromatic rings. The van der Waals surface area contributed by atoms with Crippen LogP contribution in [-0.2, 0) is 6.42 Å². The summed E-state index contributed by atoms with van der Waals surface area (Å²) in [5.41, 5.74) is 4.10. The van der Waals surface area contributed by atoms with Crippen LogP contribution >= 0.6 is 0 Å². The molecule has 2 aliphatic rings. The lowest BCUT2D eigenvalue weighted by Crippen LogP contribution is -2.36. The molecule has 0 unspecified atom stereocenters. The predicted molar refractivity (Wildman–Crippen MR) is 142 cm³/mol. The summed E-state index contributed by atoms with van der Waals surface area (Å²) in [6, 6.07) is 11.9. The molecule has 0 saturated heterocycles. The van der Waals surface area contributed by atoms with Crippen molar-refractivity contribution in [3.8, 4) is 34.5 Å². The number of aromatic hydroxyl groups is 2. The summed E-state index contributed by atoms with van der Waals surface area (Å²) < 4.78 is 22.9. The fourth-order valence-electron chi connectivity index (χ4n) is 6.30. The molecule has 1 aliphatic heterocycles. The van der Waals surface area contributed by atoms with Crippen LogP contribution in [0.5, 0.6) is 34.5 Å². The summed E-state index contributed by atoms with van der Waals surface area (Å²) in [5.74, 6) is 0.121. The molecule has 0 radical (unpaired) electrons. The van der Waals surface area contributed by atoms with Crippen LogP contribution in [0.25, 0.3) is 0 Å². The van der Waals surface area contributed by atoms with E-state index >= 15 is 0 Å². The molecule has 0 spiro atoms. The van der Waals surface area contributed by atoms with Crippen LogP contribution in [0.4, 0.5) is 0 Å². The quantitative estimate of drug-likeness (QED) is 0.293. The number of rotatable bonds is 8. The van der Waals surface area contributed by atoms with E-state index in [-0.39, 0.29) is 48.9 Å². The van der Waals surface area contributed by atoms with Crippen molar-refractivity contribution in [1.29, 1.82) is 0 Å². The Morgan fingerprint density at radius 3 is 1.92 bits per heavy atom. The Morgan fingerprint density at radius 2 is 1.36 bits per heavy atom. The molecule has 0 aromatic heterocycles. The molecule has 3 aromatic carbocycles. The first-order chi connectivity index (χ1) is 18.9. The maximum absolute atomic E-state index is 10.7. The van der Waals surface area contributed by atoms with E-state index in [9.17, 15) is 25.5 Å². The number of fused-ring (bicyclic) bond motifs is 3. The van der Waals surface area contributed by atoms with Gasteiger partial charge in [-0.25, -0.2) is 0 Å². The van der Waals surface area contributed by atoms with Gasteiger partial charge in [-0.1, -0.05) is 12.1 Å². The third kappa shape index (κ3) is 4.40. The zero-order valence-corrected chi connectivity index (χ0v) is 22.1. The highest BCUT2D eigenvalue weighted by Gasteiger charge is 2.46. The maximum atomic E-state index is 10.7. The minimum Gasteiger partial charge on any atom is -0.504 e. The van der Waals surface area contributed by atoms with Crippen molar-refractivity contribution in [3.63, 3.8) is 0 Å². The van der Waals surface area contributed by atoms with Crippen molar-refractivity contribution in [2.75, 3.05) is 41.2 Å². The van der Waals surface area contributed by atoms with Crippen LogP contribution < -0.4 is 18.9 Å². The summed E-state index contributed by atoms with van der Waals surface area (Å²) in [4.78, 5) is 0. The van der Waals surface area contributed by atoms with E-state index in [0.29, 0.717) is 29.2 Å². The zero-order valence-electron chi connectivity index (χ0n) is 22.1. The summed E-state index contributed by atoms with van der Waals surface area (Å²) in [5, 5.41) is 52.0. The minimum absolute atomic E-state index is 0.00514. The number of aliphatic hydroxyl groups excluding tert-OH is 3. The number of benzene rings is 3. The zero-order chi connectivity index (χ0) is 27.8. The highest BCUT2D eigenvalue weighted by molar-refractivity contribution is 5.63. The Hall–Kier alpha value is -3.66. The van der Waals surface area contributed by atoms with Crippen LogP contribution in [0.2, 0.25) is 0 Å². The summed E-state index contributed by atoms with van der Waals surface area (Å²) in [7, 11) is 4.50. The molecule has 1 aliphatic carbocycles. The van der Waals surface area contributed by atoms with Gasteiger partial charge in [0, 0.05) is 24.7 Å². The molecule has 1 heterocycles. The minimum atomic E-state index is -0.599. The van der Waals surface area contributed by atoms with Gasteiger partial charge in [0.25, 0.3) is 0 Å². The Balaban J connectivity index is 1.75. The monoisotopic (exact) mass is 538 g/mol. The lowest BCUT2D eigenvalue weighted by atomic mass is 9.64. The van der Waals surface area contributed by atoms with Crippen LogP contribution in [0, 0.1) is 11.8 Å². The van der Waals surface area contributed by atoms with Crippen molar-refractivity contribution >= 4 is 0 Å². The number of hydrogen-bond acceptors (Lipinski definition) is 9. The second kappa shape index (κ2) is 10.8. The van der Waals surface area contributed by atoms with Gasteiger partial charge in [0.05, 0.1) is 33.9 Å². The van der Waals surface area contributed by atoms with E-state index in [2.05, 4.69) is 0 Å². The molecule has 9 heteroatoms. The normalized spacial score (nSPS) is 23.5. The predicted octanol–water partition coefficient (Wildman–Crippen LogP) is 3.24. The first-order valence-corrected chi connectivity index (χ1v) is 12.9. The number of methoxy groups -OCH3 is 3. The molecule has 9 nitrogen and oxygen atoms in total. The van der Waals surface area contributed by atoms with Crippen molar-refractivity contribution in [3.05, 3.63) is 70.3 Å². The standard InChI is InChI=1S/C30H34O9/c1-36-23-9-15(4-6-21(23)34)26-19(13-32)18(12-31)8-17-11-25(38-3)30-28(27(17)26)20(14-33)29(39-30)16-5-7-22(35)24(10-16)37-2/h4-7,9-11,18-20,26,29,31-35H,8,12-14H2,1-3H3/t18-,19+,20+,26-,29+/m1/s1. The van der Waals surface area contributed by atoms with Crippen molar-refractivity contribution in [2.45, 2.75) is 24.4 Å². The third-order valence-corrected chi connectivity index (χ3v) is 8.17. The molecule has 39 heavy (non-hydrogen) atoms. The van der Waals surface area contributed by atoms with Gasteiger partial charge < -0.3 is 44.5 Å². The first kappa shape index (κ1) is 26.9. The second-order valence-corrected chi connectivity index (χ2v) is 10.1. The number of aliphatic hydroxyl groups is 3. The van der Waals surface area contributed by atoms with Gasteiger partial charge in [-0.2, -0.15) is 0 Å². The second-order valence-electron chi connectivity index (χ2n) is 10.1. The van der Waals surface area contributed by atoms with Crippen LogP contribution in [0.1, 0.15) is 45.8 Å². The van der Waals surface area contributed by atoms with Crippen LogP contribution in [-0.4, -0.2) is 66.7 Å². The molecular weight excluding hydrogens is 504 g/mol. The van der Waals surface area contributed by atoms with Crippen molar-refractivity contribution in [2.24, 2.45) is 11.8 Å². The highest BCUT2D eigenvalue weighted by Crippen LogP contribution is 2.58. The van der Waals surface area contributed by atoms with Crippen molar-refractivity contribution in [1.82, 2.24) is 0 Å². The average Bonchev–Trinajstić information content (AvgIpc) is 3.35. The summed E-state index contributed by atoms with van der Waals surface area (Å²) in [6.45, 7) is -0.534. The average molecular weight is 539 g/mol. The highest BCUT2D eigenvalue weighted by atomic mass is 16.5. The smallest absolute Gasteiger partial charge is 0.166 e. The molecular formula is C30H34O9. The molecule has 0 saturated carbocycles. The fraction of sp³-hybridized carbons (Fsp3) is 0.400. The topological polar surface area (TPSA) is 138 Å².